The Bertz CT molecular complexity index is 1220. The van der Waals surface area contributed by atoms with Crippen molar-refractivity contribution in [2.75, 3.05) is 17.1 Å². The highest BCUT2D eigenvalue weighted by Gasteiger charge is 2.12. The number of nitrogens with zero attached hydrogens (tertiary/aromatic N) is 2. The van der Waals surface area contributed by atoms with Crippen LogP contribution in [0.1, 0.15) is 5.56 Å². The minimum absolute atomic E-state index is 0.0814. The average molecular weight is 407 g/mol. The maximum Gasteiger partial charge on any atom is 0.236 e. The molecule has 2 aromatic heterocycles. The van der Waals surface area contributed by atoms with Gasteiger partial charge in [-0.05, 0) is 42.8 Å². The molecule has 0 atom stereocenters. The Morgan fingerprint density at radius 3 is 2.48 bits per heavy atom. The summed E-state index contributed by atoms with van der Waals surface area (Å²) in [5.74, 6) is 0.518. The highest BCUT2D eigenvalue weighted by atomic mass is 32.2. The molecule has 0 amide bonds. The molecule has 0 aliphatic carbocycles. The van der Waals surface area contributed by atoms with Crippen molar-refractivity contribution in [2.45, 2.75) is 6.92 Å². The Labute approximate surface area is 169 Å². The Kier molecular flexibility index (Phi) is 5.22. The largest absolute Gasteiger partial charge is 0.492 e. The fraction of sp³-hybridized carbons (Fsp3) is 0.136. The number of rotatable bonds is 7. The Morgan fingerprint density at radius 1 is 1.00 bits per heavy atom. The summed E-state index contributed by atoms with van der Waals surface area (Å²) in [5.41, 5.74) is 4.27. The molecule has 0 aliphatic rings. The predicted molar refractivity (Wildman–Crippen MR) is 115 cm³/mol. The third-order valence-corrected chi connectivity index (χ3v) is 5.75. The molecule has 7 heteroatoms. The van der Waals surface area contributed by atoms with Gasteiger partial charge in [-0.15, -0.1) is 0 Å². The van der Waals surface area contributed by atoms with Gasteiger partial charge in [-0.3, -0.25) is 4.72 Å². The summed E-state index contributed by atoms with van der Waals surface area (Å²) in [6.07, 6.45) is 3.92. The zero-order chi connectivity index (χ0) is 20.3. The maximum atomic E-state index is 12.3. The van der Waals surface area contributed by atoms with Crippen LogP contribution in [0, 0.1) is 6.92 Å². The molecule has 0 spiro atoms. The molecule has 0 unspecified atom stereocenters. The Morgan fingerprint density at radius 2 is 1.76 bits per heavy atom. The smallest absolute Gasteiger partial charge is 0.236 e. The number of benzene rings is 2. The van der Waals surface area contributed by atoms with Crippen LogP contribution in [0.5, 0.6) is 5.75 Å². The van der Waals surface area contributed by atoms with Crippen molar-refractivity contribution in [1.29, 1.82) is 0 Å². The number of hydrogen-bond donors (Lipinski definition) is 1. The van der Waals surface area contributed by atoms with Gasteiger partial charge in [0, 0.05) is 23.6 Å². The van der Waals surface area contributed by atoms with Gasteiger partial charge in [-0.1, -0.05) is 36.4 Å². The van der Waals surface area contributed by atoms with E-state index in [9.17, 15) is 8.42 Å². The van der Waals surface area contributed by atoms with E-state index in [1.165, 1.54) is 0 Å². The first-order chi connectivity index (χ1) is 14.0. The first-order valence-electron chi connectivity index (χ1n) is 9.23. The Balaban J connectivity index is 1.41. The first kappa shape index (κ1) is 19.0. The summed E-state index contributed by atoms with van der Waals surface area (Å²) in [7, 11) is -3.50. The van der Waals surface area contributed by atoms with Crippen LogP contribution in [-0.4, -0.2) is 30.2 Å². The molecule has 29 heavy (non-hydrogen) atoms. The molecule has 0 bridgehead atoms. The van der Waals surface area contributed by atoms with Crippen molar-refractivity contribution >= 4 is 21.4 Å². The number of aryl methyl sites for hydroxylation is 1. The van der Waals surface area contributed by atoms with Gasteiger partial charge in [0.15, 0.2) is 0 Å². The lowest BCUT2D eigenvalue weighted by molar-refractivity contribution is 0.341. The second-order valence-corrected chi connectivity index (χ2v) is 8.55. The van der Waals surface area contributed by atoms with Crippen molar-refractivity contribution in [1.82, 2.24) is 9.38 Å². The van der Waals surface area contributed by atoms with Gasteiger partial charge in [-0.25, -0.2) is 13.4 Å². The number of hydrogen-bond acceptors (Lipinski definition) is 4. The summed E-state index contributed by atoms with van der Waals surface area (Å²) >= 11 is 0. The van der Waals surface area contributed by atoms with E-state index in [-0.39, 0.29) is 12.4 Å². The molecule has 4 rings (SSSR count). The van der Waals surface area contributed by atoms with Gasteiger partial charge in [-0.2, -0.15) is 0 Å². The molecule has 1 N–H and O–H groups in total. The normalized spacial score (nSPS) is 11.5. The second-order valence-electron chi connectivity index (χ2n) is 6.71. The lowest BCUT2D eigenvalue weighted by Crippen LogP contribution is -2.21. The van der Waals surface area contributed by atoms with Crippen LogP contribution in [-0.2, 0) is 10.0 Å². The highest BCUT2D eigenvalue weighted by Crippen LogP contribution is 2.23. The van der Waals surface area contributed by atoms with Gasteiger partial charge >= 0.3 is 0 Å². The third-order valence-electron chi connectivity index (χ3n) is 4.50. The van der Waals surface area contributed by atoms with Gasteiger partial charge < -0.3 is 9.14 Å². The number of fused-ring (bicyclic) bond motifs is 1. The van der Waals surface area contributed by atoms with Crippen LogP contribution in [0.4, 0.5) is 5.69 Å². The standard InChI is InChI=1S/C22H21N3O3S/c1-17-6-5-13-25-16-21(23-22(17)25)18-9-11-19(12-10-18)24-29(26,27)15-14-28-20-7-3-2-4-8-20/h2-13,16,24H,14-15H2,1H3. The van der Waals surface area contributed by atoms with Crippen molar-refractivity contribution < 1.29 is 13.2 Å². The van der Waals surface area contributed by atoms with Crippen LogP contribution in [0.3, 0.4) is 0 Å². The Hall–Kier alpha value is -3.32. The van der Waals surface area contributed by atoms with E-state index in [4.69, 9.17) is 4.74 Å². The van der Waals surface area contributed by atoms with E-state index in [2.05, 4.69) is 9.71 Å². The number of nitrogens with one attached hydrogen (secondary N) is 1. The predicted octanol–water partition coefficient (Wildman–Crippen LogP) is 4.13. The van der Waals surface area contributed by atoms with E-state index in [1.54, 1.807) is 24.3 Å². The van der Waals surface area contributed by atoms with E-state index in [0.29, 0.717) is 11.4 Å². The highest BCUT2D eigenvalue weighted by molar-refractivity contribution is 7.92. The number of ether oxygens (including phenoxy) is 1. The van der Waals surface area contributed by atoms with E-state index < -0.39 is 10.0 Å². The summed E-state index contributed by atoms with van der Waals surface area (Å²) in [5, 5.41) is 0. The van der Waals surface area contributed by atoms with Crippen molar-refractivity contribution in [3.8, 4) is 17.0 Å². The fourth-order valence-electron chi connectivity index (χ4n) is 3.02. The molecule has 4 aromatic rings. The zero-order valence-electron chi connectivity index (χ0n) is 15.9. The van der Waals surface area contributed by atoms with Gasteiger partial charge in [0.05, 0.1) is 5.69 Å². The minimum atomic E-state index is -3.50. The molecule has 2 heterocycles. The van der Waals surface area contributed by atoms with Gasteiger partial charge in [0.25, 0.3) is 0 Å². The van der Waals surface area contributed by atoms with Crippen LogP contribution in [0.2, 0.25) is 0 Å². The van der Waals surface area contributed by atoms with Crippen LogP contribution < -0.4 is 9.46 Å². The summed E-state index contributed by atoms with van der Waals surface area (Å²) in [6.45, 7) is 2.10. The molecule has 0 saturated carbocycles. The number of aromatic nitrogens is 2. The number of anilines is 1. The number of pyridine rings is 1. The van der Waals surface area contributed by atoms with E-state index in [0.717, 1.165) is 22.5 Å². The molecule has 0 aliphatic heterocycles. The lowest BCUT2D eigenvalue weighted by Gasteiger charge is -2.09. The SMILES string of the molecule is Cc1cccn2cc(-c3ccc(NS(=O)(=O)CCOc4ccccc4)cc3)nc12. The van der Waals surface area contributed by atoms with Crippen LogP contribution in [0.15, 0.2) is 79.1 Å². The summed E-state index contributed by atoms with van der Waals surface area (Å²) < 4.78 is 34.6. The minimum Gasteiger partial charge on any atom is -0.492 e. The molecule has 6 nitrogen and oxygen atoms in total. The van der Waals surface area contributed by atoms with E-state index in [1.807, 2.05) is 66.2 Å². The van der Waals surface area contributed by atoms with Crippen molar-refractivity contribution in [3.05, 3.63) is 84.7 Å². The van der Waals surface area contributed by atoms with E-state index >= 15 is 0 Å². The molecule has 148 valence electrons. The van der Waals surface area contributed by atoms with Gasteiger partial charge in [0.1, 0.15) is 23.8 Å². The second kappa shape index (κ2) is 7.97. The number of imidazole rings is 1. The number of sulfonamides is 1. The quantitative estimate of drug-likeness (QED) is 0.500. The average Bonchev–Trinajstić information content (AvgIpc) is 3.15. The summed E-state index contributed by atoms with van der Waals surface area (Å²) in [4.78, 5) is 4.66. The third kappa shape index (κ3) is 4.57. The molecular weight excluding hydrogens is 386 g/mol. The molecular formula is C22H21N3O3S. The molecule has 0 fully saturated rings. The fourth-order valence-corrected chi connectivity index (χ4v) is 3.92. The molecule has 0 saturated heterocycles. The maximum absolute atomic E-state index is 12.3. The zero-order valence-corrected chi connectivity index (χ0v) is 16.8. The summed E-state index contributed by atoms with van der Waals surface area (Å²) in [6, 6.07) is 20.3. The lowest BCUT2D eigenvalue weighted by atomic mass is 10.1. The molecule has 2 aromatic carbocycles. The first-order valence-corrected chi connectivity index (χ1v) is 10.9. The van der Waals surface area contributed by atoms with Crippen LogP contribution >= 0.6 is 0 Å². The molecule has 0 radical (unpaired) electrons. The topological polar surface area (TPSA) is 72.7 Å². The number of para-hydroxylation sites is 1. The van der Waals surface area contributed by atoms with Crippen molar-refractivity contribution in [3.63, 3.8) is 0 Å². The van der Waals surface area contributed by atoms with Gasteiger partial charge in [0.2, 0.25) is 10.0 Å². The van der Waals surface area contributed by atoms with Crippen LogP contribution in [0.25, 0.3) is 16.9 Å². The monoisotopic (exact) mass is 407 g/mol. The van der Waals surface area contributed by atoms with Crippen molar-refractivity contribution in [2.24, 2.45) is 0 Å².